The van der Waals surface area contributed by atoms with E-state index < -0.39 is 0 Å². The molecule has 0 aliphatic heterocycles. The fourth-order valence-corrected chi connectivity index (χ4v) is 2.68. The second kappa shape index (κ2) is 6.63. The number of benzene rings is 1. The Balaban J connectivity index is 2.00. The maximum Gasteiger partial charge on any atom is 0.221 e. The van der Waals surface area contributed by atoms with Gasteiger partial charge < -0.3 is 10.6 Å². The summed E-state index contributed by atoms with van der Waals surface area (Å²) in [5.41, 5.74) is 4.94. The van der Waals surface area contributed by atoms with Gasteiger partial charge in [-0.05, 0) is 31.5 Å². The first-order valence-corrected chi connectivity index (χ1v) is 7.44. The average molecular weight is 289 g/mol. The number of anilines is 1. The van der Waals surface area contributed by atoms with E-state index in [1.54, 1.807) is 11.3 Å². The normalized spacial score (nSPS) is 12.2. The Hall–Kier alpha value is -1.72. The molecule has 4 nitrogen and oxygen atoms in total. The lowest BCUT2D eigenvalue weighted by atomic mass is 10.1. The molecule has 1 aromatic carbocycles. The van der Waals surface area contributed by atoms with Crippen molar-refractivity contribution in [3.63, 3.8) is 0 Å². The van der Waals surface area contributed by atoms with Crippen molar-refractivity contribution < 1.29 is 4.79 Å². The van der Waals surface area contributed by atoms with Crippen LogP contribution in [0.2, 0.25) is 0 Å². The van der Waals surface area contributed by atoms with E-state index in [9.17, 15) is 4.79 Å². The van der Waals surface area contributed by atoms with E-state index in [-0.39, 0.29) is 11.9 Å². The number of hydrogen-bond acceptors (Lipinski definition) is 4. The fraction of sp³-hybridized carbons (Fsp3) is 0.333. The van der Waals surface area contributed by atoms with Crippen molar-refractivity contribution in [1.82, 2.24) is 10.3 Å². The standard InChI is InChI=1S/C15H19N3OS/c1-10(16-8-15-11(2)17-9-20-15)13-5-4-6-14(7-13)18-12(3)19/h4-7,9-10,16H,8H2,1-3H3,(H,18,19). The molecule has 106 valence electrons. The Kier molecular flexibility index (Phi) is 4.87. The number of hydrogen-bond donors (Lipinski definition) is 2. The zero-order valence-corrected chi connectivity index (χ0v) is 12.8. The van der Waals surface area contributed by atoms with Crippen molar-refractivity contribution in [1.29, 1.82) is 0 Å². The number of amides is 1. The number of rotatable bonds is 5. The molecule has 0 spiro atoms. The van der Waals surface area contributed by atoms with Crippen LogP contribution in [0, 0.1) is 6.92 Å². The van der Waals surface area contributed by atoms with Gasteiger partial charge in [0.1, 0.15) is 0 Å². The summed E-state index contributed by atoms with van der Waals surface area (Å²) in [6.45, 7) is 6.46. The second-order valence-corrected chi connectivity index (χ2v) is 5.71. The lowest BCUT2D eigenvalue weighted by Gasteiger charge is -2.15. The van der Waals surface area contributed by atoms with Gasteiger partial charge in [0.25, 0.3) is 0 Å². The van der Waals surface area contributed by atoms with Crippen molar-refractivity contribution in [2.75, 3.05) is 5.32 Å². The van der Waals surface area contributed by atoms with Gasteiger partial charge in [-0.2, -0.15) is 0 Å². The van der Waals surface area contributed by atoms with Crippen LogP contribution < -0.4 is 10.6 Å². The number of carbonyl (C=O) groups excluding carboxylic acids is 1. The summed E-state index contributed by atoms with van der Waals surface area (Å²) in [4.78, 5) is 16.6. The smallest absolute Gasteiger partial charge is 0.221 e. The van der Waals surface area contributed by atoms with Crippen LogP contribution in [0.3, 0.4) is 0 Å². The molecule has 0 saturated heterocycles. The van der Waals surface area contributed by atoms with E-state index in [1.807, 2.05) is 30.6 Å². The number of nitrogens with one attached hydrogen (secondary N) is 2. The van der Waals surface area contributed by atoms with Crippen LogP contribution in [0.4, 0.5) is 5.69 Å². The van der Waals surface area contributed by atoms with Crippen LogP contribution in [0.5, 0.6) is 0 Å². The van der Waals surface area contributed by atoms with Crippen molar-refractivity contribution in [3.05, 3.63) is 45.9 Å². The summed E-state index contributed by atoms with van der Waals surface area (Å²) in [6.07, 6.45) is 0. The van der Waals surface area contributed by atoms with E-state index in [0.717, 1.165) is 23.5 Å². The highest BCUT2D eigenvalue weighted by Crippen LogP contribution is 2.19. The molecule has 1 unspecified atom stereocenters. The molecule has 1 amide bonds. The molecule has 0 aliphatic rings. The van der Waals surface area contributed by atoms with Crippen molar-refractivity contribution in [2.24, 2.45) is 0 Å². The van der Waals surface area contributed by atoms with E-state index in [1.165, 1.54) is 11.8 Å². The first-order chi connectivity index (χ1) is 9.56. The first kappa shape index (κ1) is 14.7. The van der Waals surface area contributed by atoms with E-state index in [0.29, 0.717) is 0 Å². The predicted octanol–water partition coefficient (Wildman–Crippen LogP) is 3.26. The highest BCUT2D eigenvalue weighted by molar-refractivity contribution is 7.09. The van der Waals surface area contributed by atoms with Crippen LogP contribution in [0.15, 0.2) is 29.8 Å². The largest absolute Gasteiger partial charge is 0.326 e. The zero-order valence-electron chi connectivity index (χ0n) is 11.9. The summed E-state index contributed by atoms with van der Waals surface area (Å²) < 4.78 is 0. The first-order valence-electron chi connectivity index (χ1n) is 6.56. The SMILES string of the molecule is CC(=O)Nc1cccc(C(C)NCc2scnc2C)c1. The molecule has 1 heterocycles. The molecule has 5 heteroatoms. The number of nitrogens with zero attached hydrogens (tertiary/aromatic N) is 1. The molecule has 20 heavy (non-hydrogen) atoms. The Bertz CT molecular complexity index is 594. The van der Waals surface area contributed by atoms with E-state index >= 15 is 0 Å². The number of thiazole rings is 1. The molecule has 2 N–H and O–H groups in total. The van der Waals surface area contributed by atoms with Crippen LogP contribution in [0.1, 0.15) is 36.0 Å². The van der Waals surface area contributed by atoms with Crippen LogP contribution >= 0.6 is 11.3 Å². The summed E-state index contributed by atoms with van der Waals surface area (Å²) in [5.74, 6) is -0.0527. The van der Waals surface area contributed by atoms with Gasteiger partial charge >= 0.3 is 0 Å². The number of aryl methyl sites for hydroxylation is 1. The number of aromatic nitrogens is 1. The fourth-order valence-electron chi connectivity index (χ4n) is 1.95. The average Bonchev–Trinajstić information content (AvgIpc) is 2.81. The van der Waals surface area contributed by atoms with Crippen LogP contribution in [-0.2, 0) is 11.3 Å². The molecule has 2 rings (SSSR count). The minimum Gasteiger partial charge on any atom is -0.326 e. The third kappa shape index (κ3) is 3.88. The van der Waals surface area contributed by atoms with Gasteiger partial charge in [-0.3, -0.25) is 4.79 Å². The Labute approximate surface area is 123 Å². The van der Waals surface area contributed by atoms with Crippen LogP contribution in [0.25, 0.3) is 0 Å². The molecule has 2 aromatic rings. The lowest BCUT2D eigenvalue weighted by Crippen LogP contribution is -2.18. The third-order valence-electron chi connectivity index (χ3n) is 3.12. The third-order valence-corrected chi connectivity index (χ3v) is 4.06. The summed E-state index contributed by atoms with van der Waals surface area (Å²) in [6, 6.07) is 8.12. The van der Waals surface area contributed by atoms with Crippen molar-refractivity contribution in [2.45, 2.75) is 33.4 Å². The molecular formula is C15H19N3OS. The van der Waals surface area contributed by atoms with Gasteiger partial charge in [-0.15, -0.1) is 11.3 Å². The minimum absolute atomic E-state index is 0.0527. The maximum atomic E-state index is 11.1. The Morgan fingerprint density at radius 1 is 1.45 bits per heavy atom. The molecule has 0 fully saturated rings. The Morgan fingerprint density at radius 3 is 2.90 bits per heavy atom. The minimum atomic E-state index is -0.0527. The molecule has 0 saturated carbocycles. The monoisotopic (exact) mass is 289 g/mol. The molecule has 0 bridgehead atoms. The highest BCUT2D eigenvalue weighted by atomic mass is 32.1. The molecule has 0 aliphatic carbocycles. The van der Waals surface area contributed by atoms with Gasteiger partial charge in [0, 0.05) is 30.1 Å². The Morgan fingerprint density at radius 2 is 2.25 bits per heavy atom. The summed E-state index contributed by atoms with van der Waals surface area (Å²) in [7, 11) is 0. The second-order valence-electron chi connectivity index (χ2n) is 4.77. The zero-order chi connectivity index (χ0) is 14.5. The van der Waals surface area contributed by atoms with E-state index in [4.69, 9.17) is 0 Å². The van der Waals surface area contributed by atoms with Gasteiger partial charge in [0.05, 0.1) is 11.2 Å². The van der Waals surface area contributed by atoms with Crippen molar-refractivity contribution >= 4 is 22.9 Å². The summed E-state index contributed by atoms with van der Waals surface area (Å²) >= 11 is 1.67. The van der Waals surface area contributed by atoms with Gasteiger partial charge in [0.2, 0.25) is 5.91 Å². The van der Waals surface area contributed by atoms with Gasteiger partial charge in [-0.1, -0.05) is 12.1 Å². The van der Waals surface area contributed by atoms with Gasteiger partial charge in [-0.25, -0.2) is 4.98 Å². The molecule has 1 atom stereocenters. The molecular weight excluding hydrogens is 270 g/mol. The molecule has 0 radical (unpaired) electrons. The molecule has 1 aromatic heterocycles. The number of carbonyl (C=O) groups is 1. The highest BCUT2D eigenvalue weighted by Gasteiger charge is 2.08. The van der Waals surface area contributed by atoms with E-state index in [2.05, 4.69) is 28.6 Å². The topological polar surface area (TPSA) is 54.0 Å². The quantitative estimate of drug-likeness (QED) is 0.888. The van der Waals surface area contributed by atoms with Gasteiger partial charge in [0.15, 0.2) is 0 Å². The predicted molar refractivity (Wildman–Crippen MR) is 82.9 cm³/mol. The van der Waals surface area contributed by atoms with Crippen molar-refractivity contribution in [3.8, 4) is 0 Å². The lowest BCUT2D eigenvalue weighted by molar-refractivity contribution is -0.114. The van der Waals surface area contributed by atoms with Crippen LogP contribution in [-0.4, -0.2) is 10.9 Å². The maximum absolute atomic E-state index is 11.1. The summed E-state index contributed by atoms with van der Waals surface area (Å²) in [5, 5.41) is 6.28.